The molecule has 0 bridgehead atoms. The minimum Gasteiger partial charge on any atom is -0.371 e. The first-order valence-electron chi connectivity index (χ1n) is 11.6. The number of carbonyl (C=O) groups is 1. The van der Waals surface area contributed by atoms with Gasteiger partial charge in [0.25, 0.3) is 0 Å². The van der Waals surface area contributed by atoms with Gasteiger partial charge in [-0.05, 0) is 61.6 Å². The van der Waals surface area contributed by atoms with Gasteiger partial charge < -0.3 is 15.1 Å². The molecule has 32 heavy (non-hydrogen) atoms. The molecule has 2 aliphatic heterocycles. The van der Waals surface area contributed by atoms with Gasteiger partial charge in [0, 0.05) is 37.3 Å². The smallest absolute Gasteiger partial charge is 0.230 e. The average molecular weight is 430 g/mol. The van der Waals surface area contributed by atoms with Crippen LogP contribution in [0.25, 0.3) is 0 Å². The van der Waals surface area contributed by atoms with Crippen LogP contribution < -0.4 is 15.1 Å². The van der Waals surface area contributed by atoms with Crippen molar-refractivity contribution in [3.05, 3.63) is 65.4 Å². The Balaban J connectivity index is 1.36. The summed E-state index contributed by atoms with van der Waals surface area (Å²) in [6.07, 6.45) is 4.67. The van der Waals surface area contributed by atoms with E-state index >= 15 is 0 Å². The number of fused-ring (bicyclic) bond motifs is 2. The van der Waals surface area contributed by atoms with Gasteiger partial charge in [-0.1, -0.05) is 25.1 Å². The predicted molar refractivity (Wildman–Crippen MR) is 130 cm³/mol. The number of aryl methyl sites for hydroxylation is 3. The molecule has 1 amide bonds. The molecule has 0 atom stereocenters. The number of amides is 1. The minimum absolute atomic E-state index is 0.0357. The van der Waals surface area contributed by atoms with Gasteiger partial charge in [0.05, 0.1) is 24.1 Å². The maximum Gasteiger partial charge on any atom is 0.230 e. The van der Waals surface area contributed by atoms with Gasteiger partial charge in [-0.3, -0.25) is 9.48 Å². The van der Waals surface area contributed by atoms with E-state index in [0.29, 0.717) is 6.54 Å². The van der Waals surface area contributed by atoms with Crippen LogP contribution in [0.5, 0.6) is 0 Å². The lowest BCUT2D eigenvalue weighted by atomic mass is 9.94. The van der Waals surface area contributed by atoms with Gasteiger partial charge in [0.15, 0.2) is 0 Å². The molecule has 0 unspecified atom stereocenters. The van der Waals surface area contributed by atoms with Crippen LogP contribution in [0.3, 0.4) is 0 Å². The number of carbonyl (C=O) groups excluding carboxylic acids is 1. The number of benzene rings is 2. The van der Waals surface area contributed by atoms with E-state index in [0.717, 1.165) is 60.7 Å². The quantitative estimate of drug-likeness (QED) is 0.650. The van der Waals surface area contributed by atoms with Crippen molar-refractivity contribution in [3.8, 4) is 0 Å². The van der Waals surface area contributed by atoms with E-state index in [1.165, 1.54) is 11.3 Å². The molecule has 3 aromatic rings. The first-order chi connectivity index (χ1) is 15.5. The van der Waals surface area contributed by atoms with Crippen LogP contribution >= 0.6 is 0 Å². The van der Waals surface area contributed by atoms with Crippen LogP contribution in [0.2, 0.25) is 0 Å². The third-order valence-electron chi connectivity index (χ3n) is 6.86. The van der Waals surface area contributed by atoms with Crippen molar-refractivity contribution in [2.45, 2.75) is 39.7 Å². The molecule has 0 radical (unpaired) electrons. The molecule has 0 spiro atoms. The number of rotatable bonds is 3. The zero-order chi connectivity index (χ0) is 22.2. The zero-order valence-electron chi connectivity index (χ0n) is 19.1. The van der Waals surface area contributed by atoms with E-state index in [4.69, 9.17) is 0 Å². The number of piperidine rings is 1. The summed E-state index contributed by atoms with van der Waals surface area (Å²) < 4.78 is 1.84. The number of hydrogen-bond donors (Lipinski definition) is 1. The van der Waals surface area contributed by atoms with E-state index in [-0.39, 0.29) is 11.8 Å². The molecular formula is C26H31N5O. The summed E-state index contributed by atoms with van der Waals surface area (Å²) in [6.45, 7) is 6.62. The van der Waals surface area contributed by atoms with Crippen molar-refractivity contribution < 1.29 is 4.79 Å². The summed E-state index contributed by atoms with van der Waals surface area (Å²) in [7, 11) is 1.93. The predicted octanol–water partition coefficient (Wildman–Crippen LogP) is 4.80. The highest BCUT2D eigenvalue weighted by atomic mass is 16.2. The van der Waals surface area contributed by atoms with Crippen LogP contribution in [0, 0.1) is 12.8 Å². The Kier molecular flexibility index (Phi) is 5.37. The summed E-state index contributed by atoms with van der Waals surface area (Å²) in [5, 5.41) is 7.92. The summed E-state index contributed by atoms with van der Waals surface area (Å²) in [5.41, 5.74) is 6.74. The molecule has 3 heterocycles. The lowest BCUT2D eigenvalue weighted by molar-refractivity contribution is -0.123. The Morgan fingerprint density at radius 2 is 1.88 bits per heavy atom. The van der Waals surface area contributed by atoms with E-state index in [9.17, 15) is 4.79 Å². The second-order valence-corrected chi connectivity index (χ2v) is 8.99. The van der Waals surface area contributed by atoms with Crippen molar-refractivity contribution >= 4 is 28.8 Å². The Bertz CT molecular complexity index is 1130. The molecule has 6 nitrogen and oxygen atoms in total. The fourth-order valence-corrected chi connectivity index (χ4v) is 4.87. The van der Waals surface area contributed by atoms with E-state index in [1.807, 2.05) is 22.8 Å². The second-order valence-electron chi connectivity index (χ2n) is 8.99. The molecule has 2 aliphatic rings. The first kappa shape index (κ1) is 20.6. The number of nitrogens with one attached hydrogen (secondary N) is 1. The highest BCUT2D eigenvalue weighted by Gasteiger charge is 2.32. The second kappa shape index (κ2) is 8.34. The standard InChI is InChI=1S/C26H31N5O/c1-4-19-6-8-22(9-7-19)30-13-11-20(12-14-30)26(32)31-17-21-16-27-29(3)25(21)28-23-15-18(2)5-10-24(23)31/h5-10,15-16,20,28H,4,11-14,17H2,1-3H3. The molecule has 0 aliphatic carbocycles. The number of hydrogen-bond acceptors (Lipinski definition) is 4. The van der Waals surface area contributed by atoms with E-state index < -0.39 is 0 Å². The summed E-state index contributed by atoms with van der Waals surface area (Å²) in [4.78, 5) is 18.1. The average Bonchev–Trinajstić information content (AvgIpc) is 3.07. The molecule has 1 saturated heterocycles. The first-order valence-corrected chi connectivity index (χ1v) is 11.6. The molecule has 1 aromatic heterocycles. The third-order valence-corrected chi connectivity index (χ3v) is 6.86. The SMILES string of the molecule is CCc1ccc(N2CCC(C(=O)N3Cc4cnn(C)c4Nc4cc(C)ccc43)CC2)cc1. The minimum atomic E-state index is 0.0357. The lowest BCUT2D eigenvalue weighted by Gasteiger charge is -2.35. The number of anilines is 4. The molecule has 166 valence electrons. The molecule has 0 saturated carbocycles. The van der Waals surface area contributed by atoms with E-state index in [1.54, 1.807) is 0 Å². The van der Waals surface area contributed by atoms with Crippen molar-refractivity contribution in [3.63, 3.8) is 0 Å². The maximum absolute atomic E-state index is 13.7. The van der Waals surface area contributed by atoms with Crippen LogP contribution in [0.4, 0.5) is 22.9 Å². The van der Waals surface area contributed by atoms with Gasteiger partial charge >= 0.3 is 0 Å². The molecule has 2 aromatic carbocycles. The molecule has 1 fully saturated rings. The van der Waals surface area contributed by atoms with Gasteiger partial charge in [-0.25, -0.2) is 0 Å². The summed E-state index contributed by atoms with van der Waals surface area (Å²) in [5.74, 6) is 1.21. The molecular weight excluding hydrogens is 398 g/mol. The number of nitrogens with zero attached hydrogens (tertiary/aromatic N) is 4. The van der Waals surface area contributed by atoms with Gasteiger partial charge in [-0.2, -0.15) is 5.10 Å². The Hall–Kier alpha value is -3.28. The normalized spacial score (nSPS) is 16.2. The van der Waals surface area contributed by atoms with Crippen LogP contribution in [-0.4, -0.2) is 28.8 Å². The van der Waals surface area contributed by atoms with Crippen LogP contribution in [0.1, 0.15) is 36.5 Å². The van der Waals surface area contributed by atoms with Crippen molar-refractivity contribution in [2.75, 3.05) is 28.2 Å². The topological polar surface area (TPSA) is 53.4 Å². The summed E-state index contributed by atoms with van der Waals surface area (Å²) in [6, 6.07) is 15.1. The molecule has 1 N–H and O–H groups in total. The van der Waals surface area contributed by atoms with Gasteiger partial charge in [-0.15, -0.1) is 0 Å². The van der Waals surface area contributed by atoms with Crippen LogP contribution in [0.15, 0.2) is 48.7 Å². The monoisotopic (exact) mass is 429 g/mol. The molecule has 5 rings (SSSR count). The fraction of sp³-hybridized carbons (Fsp3) is 0.385. The van der Waals surface area contributed by atoms with E-state index in [2.05, 4.69) is 71.6 Å². The zero-order valence-corrected chi connectivity index (χ0v) is 19.1. The van der Waals surface area contributed by atoms with Gasteiger partial charge in [0.2, 0.25) is 5.91 Å². The maximum atomic E-state index is 13.7. The Morgan fingerprint density at radius 1 is 1.12 bits per heavy atom. The highest BCUT2D eigenvalue weighted by molar-refractivity contribution is 5.99. The molecule has 6 heteroatoms. The largest absolute Gasteiger partial charge is 0.371 e. The Labute approximate surface area is 189 Å². The van der Waals surface area contributed by atoms with Gasteiger partial charge in [0.1, 0.15) is 5.82 Å². The summed E-state index contributed by atoms with van der Waals surface area (Å²) >= 11 is 0. The Morgan fingerprint density at radius 3 is 2.59 bits per heavy atom. The van der Waals surface area contributed by atoms with Crippen molar-refractivity contribution in [1.82, 2.24) is 9.78 Å². The fourth-order valence-electron chi connectivity index (χ4n) is 4.87. The lowest BCUT2D eigenvalue weighted by Crippen LogP contribution is -2.42. The van der Waals surface area contributed by atoms with Crippen molar-refractivity contribution in [2.24, 2.45) is 13.0 Å². The number of aromatic nitrogens is 2. The third kappa shape index (κ3) is 3.74. The highest BCUT2D eigenvalue weighted by Crippen LogP contribution is 2.38. The van der Waals surface area contributed by atoms with Crippen molar-refractivity contribution in [1.29, 1.82) is 0 Å². The van der Waals surface area contributed by atoms with Crippen LogP contribution in [-0.2, 0) is 24.8 Å².